The second kappa shape index (κ2) is 20.6. The summed E-state index contributed by atoms with van der Waals surface area (Å²) < 4.78 is 1.77. The third kappa shape index (κ3) is 12.2. The first-order chi connectivity index (χ1) is 18.3. The standard InChI is InChI=1S/C15H28N2O.C8H8N2.C6H7NO.C2H6/c1-6-8-9-14(7-2)13(3)15(10-11-16-4)17(5)12-18;1-6-2-3-7-8(4-6)10-5-9-7;1-7-4-2-3-6(7)5-8;1-2/h7-9,12-13,15-16H,6,10-11H2,1-5H3;2-5H,1H3,(H,9,10);2-5H,1H3;1-2H3/b9-8-,14-7+;;;/t13?,15-;;;/m1.../s1. The number of carbonyl (C=O) groups excluding carboxylic acids is 2. The van der Waals surface area contributed by atoms with E-state index in [1.54, 1.807) is 21.9 Å². The zero-order valence-corrected chi connectivity index (χ0v) is 24.9. The number of H-pyrrole nitrogens is 1. The van der Waals surface area contributed by atoms with Gasteiger partial charge in [-0.1, -0.05) is 52.0 Å². The smallest absolute Gasteiger partial charge is 0.209 e. The SMILES string of the molecule is C/C=C(\C=C/CC)C(C)[C@@H](CCNC)N(C)C=O.CC.Cc1ccc2nc[nH]c2c1.Cn1cccc1C=O. The van der Waals surface area contributed by atoms with E-state index in [2.05, 4.69) is 73.3 Å². The molecule has 0 radical (unpaired) electrons. The Balaban J connectivity index is 0.000000569. The second-order valence-corrected chi connectivity index (χ2v) is 8.70. The average Bonchev–Trinajstić information content (AvgIpc) is 3.58. The first kappa shape index (κ1) is 34.6. The van der Waals surface area contributed by atoms with Crippen molar-refractivity contribution in [1.82, 2.24) is 24.8 Å². The molecule has 2 aromatic heterocycles. The summed E-state index contributed by atoms with van der Waals surface area (Å²) in [5.74, 6) is 0.348. The normalized spacial score (nSPS) is 12.3. The van der Waals surface area contributed by atoms with Crippen molar-refractivity contribution in [3.8, 4) is 0 Å². The lowest BCUT2D eigenvalue weighted by molar-refractivity contribution is -0.119. The molecule has 210 valence electrons. The summed E-state index contributed by atoms with van der Waals surface area (Å²) in [4.78, 5) is 30.0. The molecule has 1 amide bonds. The van der Waals surface area contributed by atoms with E-state index in [0.717, 1.165) is 43.1 Å². The molecule has 38 heavy (non-hydrogen) atoms. The average molecular weight is 524 g/mol. The monoisotopic (exact) mass is 523 g/mol. The molecule has 0 spiro atoms. The van der Waals surface area contributed by atoms with Gasteiger partial charge in [-0.25, -0.2) is 4.98 Å². The predicted octanol–water partition coefficient (Wildman–Crippen LogP) is 6.34. The van der Waals surface area contributed by atoms with Crippen LogP contribution in [0.5, 0.6) is 0 Å². The van der Waals surface area contributed by atoms with Crippen LogP contribution in [0.2, 0.25) is 0 Å². The molecule has 3 aromatic rings. The Hall–Kier alpha value is -3.45. The molecule has 7 nitrogen and oxygen atoms in total. The summed E-state index contributed by atoms with van der Waals surface area (Å²) in [6.07, 6.45) is 13.8. The van der Waals surface area contributed by atoms with Gasteiger partial charge >= 0.3 is 0 Å². The molecule has 0 aliphatic carbocycles. The molecule has 2 atom stereocenters. The summed E-state index contributed by atoms with van der Waals surface area (Å²) in [6.45, 7) is 13.4. The molecule has 2 N–H and O–H groups in total. The molecule has 3 rings (SSSR count). The number of hydrogen-bond donors (Lipinski definition) is 2. The Morgan fingerprint density at radius 1 is 1.24 bits per heavy atom. The van der Waals surface area contributed by atoms with Crippen molar-refractivity contribution in [3.05, 3.63) is 77.9 Å². The lowest BCUT2D eigenvalue weighted by Gasteiger charge is -2.31. The number of rotatable bonds is 10. The van der Waals surface area contributed by atoms with Gasteiger partial charge in [0.2, 0.25) is 6.41 Å². The largest absolute Gasteiger partial charge is 0.348 e. The molecule has 0 saturated heterocycles. The number of nitrogens with one attached hydrogen (secondary N) is 2. The van der Waals surface area contributed by atoms with Crippen LogP contribution in [0.3, 0.4) is 0 Å². The molecule has 2 heterocycles. The summed E-state index contributed by atoms with van der Waals surface area (Å²) in [5.41, 5.74) is 5.42. The fraction of sp³-hybridized carbons (Fsp3) is 0.452. The number of nitrogens with zero attached hydrogens (tertiary/aromatic N) is 3. The van der Waals surface area contributed by atoms with E-state index in [-0.39, 0.29) is 6.04 Å². The van der Waals surface area contributed by atoms with Gasteiger partial charge in [-0.2, -0.15) is 0 Å². The van der Waals surface area contributed by atoms with Crippen LogP contribution in [0.4, 0.5) is 0 Å². The minimum Gasteiger partial charge on any atom is -0.348 e. The molecular formula is C31H49N5O2. The van der Waals surface area contributed by atoms with E-state index < -0.39 is 0 Å². The second-order valence-electron chi connectivity index (χ2n) is 8.70. The Labute approximate surface area is 230 Å². The van der Waals surface area contributed by atoms with Crippen molar-refractivity contribution in [1.29, 1.82) is 0 Å². The Morgan fingerprint density at radius 3 is 2.45 bits per heavy atom. The number of amides is 1. The molecule has 0 bridgehead atoms. The van der Waals surface area contributed by atoms with Gasteiger partial charge in [-0.3, -0.25) is 9.59 Å². The number of carbonyl (C=O) groups is 2. The fourth-order valence-electron chi connectivity index (χ4n) is 3.81. The van der Waals surface area contributed by atoms with Crippen molar-refractivity contribution in [2.45, 2.75) is 60.4 Å². The number of aldehydes is 1. The summed E-state index contributed by atoms with van der Waals surface area (Å²) in [7, 11) is 5.64. The Kier molecular flexibility index (Phi) is 18.7. The highest BCUT2D eigenvalue weighted by atomic mass is 16.1. The number of benzene rings is 1. The molecule has 1 aromatic carbocycles. The van der Waals surface area contributed by atoms with Crippen molar-refractivity contribution in [2.24, 2.45) is 13.0 Å². The number of hydrogen-bond acceptors (Lipinski definition) is 4. The van der Waals surface area contributed by atoms with E-state index >= 15 is 0 Å². The zero-order chi connectivity index (χ0) is 28.9. The summed E-state index contributed by atoms with van der Waals surface area (Å²) >= 11 is 0. The van der Waals surface area contributed by atoms with E-state index in [1.165, 1.54) is 11.1 Å². The van der Waals surface area contributed by atoms with Crippen molar-refractivity contribution < 1.29 is 9.59 Å². The molecular weight excluding hydrogens is 474 g/mol. The first-order valence-electron chi connectivity index (χ1n) is 13.4. The zero-order valence-electron chi connectivity index (χ0n) is 24.9. The van der Waals surface area contributed by atoms with Gasteiger partial charge < -0.3 is 19.8 Å². The van der Waals surface area contributed by atoms with Crippen LogP contribution in [0.1, 0.15) is 63.5 Å². The third-order valence-electron chi connectivity index (χ3n) is 6.04. The van der Waals surface area contributed by atoms with Crippen LogP contribution >= 0.6 is 0 Å². The lowest BCUT2D eigenvalue weighted by Crippen LogP contribution is -2.38. The van der Waals surface area contributed by atoms with E-state index in [1.807, 2.05) is 53.3 Å². The number of aromatic amines is 1. The fourth-order valence-corrected chi connectivity index (χ4v) is 3.81. The van der Waals surface area contributed by atoms with E-state index in [4.69, 9.17) is 0 Å². The maximum absolute atomic E-state index is 11.0. The maximum Gasteiger partial charge on any atom is 0.209 e. The predicted molar refractivity (Wildman–Crippen MR) is 161 cm³/mol. The highest BCUT2D eigenvalue weighted by molar-refractivity contribution is 5.74. The van der Waals surface area contributed by atoms with Crippen LogP contribution in [-0.2, 0) is 11.8 Å². The third-order valence-corrected chi connectivity index (χ3v) is 6.04. The van der Waals surface area contributed by atoms with E-state index in [9.17, 15) is 9.59 Å². The number of imidazole rings is 1. The highest BCUT2D eigenvalue weighted by Crippen LogP contribution is 2.22. The lowest BCUT2D eigenvalue weighted by atomic mass is 9.89. The van der Waals surface area contributed by atoms with Gasteiger partial charge in [-0.05, 0) is 75.7 Å². The topological polar surface area (TPSA) is 83.0 Å². The van der Waals surface area contributed by atoms with Crippen molar-refractivity contribution >= 4 is 23.7 Å². The van der Waals surface area contributed by atoms with Crippen molar-refractivity contribution in [3.63, 3.8) is 0 Å². The molecule has 7 heteroatoms. The summed E-state index contributed by atoms with van der Waals surface area (Å²) in [5, 5.41) is 3.15. The molecule has 0 aliphatic heterocycles. The van der Waals surface area contributed by atoms with Crippen LogP contribution in [0.15, 0.2) is 66.7 Å². The minimum atomic E-state index is 0.239. The van der Waals surface area contributed by atoms with Crippen LogP contribution in [-0.4, -0.2) is 58.8 Å². The van der Waals surface area contributed by atoms with Crippen LogP contribution in [0, 0.1) is 12.8 Å². The van der Waals surface area contributed by atoms with Gasteiger partial charge in [0.25, 0.3) is 0 Å². The van der Waals surface area contributed by atoms with Crippen LogP contribution < -0.4 is 5.32 Å². The van der Waals surface area contributed by atoms with Crippen molar-refractivity contribution in [2.75, 3.05) is 20.6 Å². The highest BCUT2D eigenvalue weighted by Gasteiger charge is 2.22. The minimum absolute atomic E-state index is 0.239. The number of aromatic nitrogens is 3. The van der Waals surface area contributed by atoms with Gasteiger partial charge in [0, 0.05) is 32.3 Å². The van der Waals surface area contributed by atoms with Gasteiger partial charge in [0.1, 0.15) is 0 Å². The molecule has 0 fully saturated rings. The summed E-state index contributed by atoms with van der Waals surface area (Å²) in [6, 6.07) is 10.0. The number of aryl methyl sites for hydroxylation is 2. The van der Waals surface area contributed by atoms with Gasteiger partial charge in [0.15, 0.2) is 6.29 Å². The van der Waals surface area contributed by atoms with Gasteiger partial charge in [0.05, 0.1) is 23.1 Å². The number of allylic oxidation sites excluding steroid dienone is 3. The number of fused-ring (bicyclic) bond motifs is 1. The van der Waals surface area contributed by atoms with Crippen LogP contribution in [0.25, 0.3) is 11.0 Å². The van der Waals surface area contributed by atoms with E-state index in [0.29, 0.717) is 11.6 Å². The quantitative estimate of drug-likeness (QED) is 0.240. The van der Waals surface area contributed by atoms with Gasteiger partial charge in [-0.15, -0.1) is 0 Å². The Bertz CT molecular complexity index is 1100. The first-order valence-corrected chi connectivity index (χ1v) is 13.4. The Morgan fingerprint density at radius 2 is 1.95 bits per heavy atom. The maximum atomic E-state index is 11.0. The molecule has 0 aliphatic rings. The molecule has 0 saturated carbocycles. The molecule has 1 unspecified atom stereocenters.